The highest BCUT2D eigenvalue weighted by Gasteiger charge is 2.33. The van der Waals surface area contributed by atoms with E-state index in [0.29, 0.717) is 23.8 Å². The molecule has 3 aliphatic heterocycles. The summed E-state index contributed by atoms with van der Waals surface area (Å²) < 4.78 is 0. The van der Waals surface area contributed by atoms with Crippen molar-refractivity contribution in [1.29, 1.82) is 0 Å². The van der Waals surface area contributed by atoms with Crippen molar-refractivity contribution in [2.75, 3.05) is 39.3 Å². The van der Waals surface area contributed by atoms with Crippen molar-refractivity contribution in [3.8, 4) is 0 Å². The molecule has 3 aliphatic rings. The zero-order chi connectivity index (χ0) is 13.9. The number of carbonyl (C=O) groups is 1. The number of rotatable bonds is 3. The third kappa shape index (κ3) is 3.17. The zero-order valence-corrected chi connectivity index (χ0v) is 12.8. The van der Waals surface area contributed by atoms with Gasteiger partial charge in [-0.2, -0.15) is 0 Å². The van der Waals surface area contributed by atoms with Gasteiger partial charge in [-0.05, 0) is 57.2 Å². The van der Waals surface area contributed by atoms with Crippen molar-refractivity contribution in [3.05, 3.63) is 0 Å². The molecule has 20 heavy (non-hydrogen) atoms. The first-order chi connectivity index (χ1) is 9.74. The fraction of sp³-hybridized carbons (Fsp3) is 0.938. The summed E-state index contributed by atoms with van der Waals surface area (Å²) in [4.78, 5) is 17.2. The van der Waals surface area contributed by atoms with Gasteiger partial charge < -0.3 is 10.2 Å². The van der Waals surface area contributed by atoms with Gasteiger partial charge in [-0.25, -0.2) is 0 Å². The second-order valence-electron chi connectivity index (χ2n) is 6.96. The molecule has 0 aromatic carbocycles. The predicted molar refractivity (Wildman–Crippen MR) is 80.5 cm³/mol. The van der Waals surface area contributed by atoms with Gasteiger partial charge in [0.2, 0.25) is 5.91 Å². The Bertz CT molecular complexity index is 341. The summed E-state index contributed by atoms with van der Waals surface area (Å²) in [6.45, 7) is 8.79. The molecule has 0 aromatic heterocycles. The molecular formula is C16H29N3O. The lowest BCUT2D eigenvalue weighted by molar-refractivity contribution is -0.135. The summed E-state index contributed by atoms with van der Waals surface area (Å²) in [6.07, 6.45) is 5.91. The number of hydrogen-bond acceptors (Lipinski definition) is 3. The Labute approximate surface area is 122 Å². The fourth-order valence-corrected chi connectivity index (χ4v) is 4.15. The van der Waals surface area contributed by atoms with E-state index < -0.39 is 0 Å². The van der Waals surface area contributed by atoms with Crippen molar-refractivity contribution in [2.45, 2.75) is 45.1 Å². The van der Waals surface area contributed by atoms with Crippen LogP contribution in [0.2, 0.25) is 0 Å². The maximum absolute atomic E-state index is 12.5. The van der Waals surface area contributed by atoms with Gasteiger partial charge in [0.25, 0.3) is 0 Å². The first-order valence-corrected chi connectivity index (χ1v) is 8.46. The number of piperazine rings is 1. The summed E-state index contributed by atoms with van der Waals surface area (Å²) in [5, 5.41) is 3.47. The normalized spacial score (nSPS) is 33.0. The molecule has 1 amide bonds. The molecule has 3 unspecified atom stereocenters. The maximum atomic E-state index is 12.5. The molecule has 3 rings (SSSR count). The second kappa shape index (κ2) is 6.44. The van der Waals surface area contributed by atoms with Crippen LogP contribution in [0.3, 0.4) is 0 Å². The van der Waals surface area contributed by atoms with Crippen LogP contribution >= 0.6 is 0 Å². The molecule has 0 bridgehead atoms. The molecule has 3 atom stereocenters. The summed E-state index contributed by atoms with van der Waals surface area (Å²) in [5.41, 5.74) is 0. The largest absolute Gasteiger partial charge is 0.340 e. The van der Waals surface area contributed by atoms with Crippen LogP contribution < -0.4 is 5.32 Å². The van der Waals surface area contributed by atoms with Crippen molar-refractivity contribution in [3.63, 3.8) is 0 Å². The van der Waals surface area contributed by atoms with Crippen LogP contribution in [0.4, 0.5) is 0 Å². The van der Waals surface area contributed by atoms with Gasteiger partial charge in [-0.15, -0.1) is 0 Å². The smallest absolute Gasteiger partial charge is 0.222 e. The molecule has 0 saturated carbocycles. The van der Waals surface area contributed by atoms with Gasteiger partial charge in [-0.1, -0.05) is 6.92 Å². The SMILES string of the molecule is CC(CC(=O)N1CCN2CCCC2C1)C1CCCNC1. The molecular weight excluding hydrogens is 250 g/mol. The monoisotopic (exact) mass is 279 g/mol. The third-order valence-electron chi connectivity index (χ3n) is 5.58. The highest BCUT2D eigenvalue weighted by Crippen LogP contribution is 2.25. The van der Waals surface area contributed by atoms with Crippen molar-refractivity contribution >= 4 is 5.91 Å². The Morgan fingerprint density at radius 2 is 2.15 bits per heavy atom. The number of amides is 1. The van der Waals surface area contributed by atoms with E-state index in [2.05, 4.69) is 22.0 Å². The Kier molecular flexibility index (Phi) is 4.61. The van der Waals surface area contributed by atoms with Crippen molar-refractivity contribution in [2.24, 2.45) is 11.8 Å². The molecule has 3 saturated heterocycles. The molecule has 0 aromatic rings. The van der Waals surface area contributed by atoms with Crippen LogP contribution in [0.1, 0.15) is 39.0 Å². The molecule has 3 heterocycles. The van der Waals surface area contributed by atoms with E-state index in [1.54, 1.807) is 0 Å². The second-order valence-corrected chi connectivity index (χ2v) is 6.96. The lowest BCUT2D eigenvalue weighted by atomic mass is 9.85. The van der Waals surface area contributed by atoms with E-state index in [4.69, 9.17) is 0 Å². The third-order valence-corrected chi connectivity index (χ3v) is 5.58. The van der Waals surface area contributed by atoms with Gasteiger partial charge in [-0.3, -0.25) is 9.69 Å². The molecule has 0 spiro atoms. The summed E-state index contributed by atoms with van der Waals surface area (Å²) in [5.74, 6) is 1.62. The van der Waals surface area contributed by atoms with Gasteiger partial charge in [0.1, 0.15) is 0 Å². The average molecular weight is 279 g/mol. The maximum Gasteiger partial charge on any atom is 0.222 e. The minimum atomic E-state index is 0.398. The molecule has 0 aliphatic carbocycles. The quantitative estimate of drug-likeness (QED) is 0.846. The van der Waals surface area contributed by atoms with E-state index in [1.165, 1.54) is 32.2 Å². The van der Waals surface area contributed by atoms with Crippen LogP contribution in [-0.2, 0) is 4.79 Å². The van der Waals surface area contributed by atoms with Gasteiger partial charge in [0.15, 0.2) is 0 Å². The minimum absolute atomic E-state index is 0.398. The Balaban J connectivity index is 1.48. The van der Waals surface area contributed by atoms with Crippen LogP contribution in [0.5, 0.6) is 0 Å². The summed E-state index contributed by atoms with van der Waals surface area (Å²) in [6, 6.07) is 0.652. The average Bonchev–Trinajstić information content (AvgIpc) is 2.95. The van der Waals surface area contributed by atoms with Gasteiger partial charge in [0, 0.05) is 32.1 Å². The van der Waals surface area contributed by atoms with Crippen LogP contribution in [-0.4, -0.2) is 61.0 Å². The predicted octanol–water partition coefficient (Wildman–Crippen LogP) is 1.32. The molecule has 114 valence electrons. The number of piperidine rings is 1. The molecule has 3 fully saturated rings. The van der Waals surface area contributed by atoms with Crippen LogP contribution in [0.25, 0.3) is 0 Å². The number of nitrogens with one attached hydrogen (secondary N) is 1. The van der Waals surface area contributed by atoms with E-state index in [0.717, 1.165) is 39.1 Å². The summed E-state index contributed by atoms with van der Waals surface area (Å²) >= 11 is 0. The standard InChI is InChI=1S/C16H29N3O/c1-13(14-4-2-6-17-11-14)10-16(20)19-9-8-18-7-3-5-15(18)12-19/h13-15,17H,2-12H2,1H3. The Hall–Kier alpha value is -0.610. The fourth-order valence-electron chi connectivity index (χ4n) is 4.15. The number of fused-ring (bicyclic) bond motifs is 1. The van der Waals surface area contributed by atoms with Gasteiger partial charge >= 0.3 is 0 Å². The van der Waals surface area contributed by atoms with Crippen molar-refractivity contribution < 1.29 is 4.79 Å². The molecule has 0 radical (unpaired) electrons. The minimum Gasteiger partial charge on any atom is -0.340 e. The first kappa shape index (κ1) is 14.3. The van der Waals surface area contributed by atoms with Gasteiger partial charge in [0.05, 0.1) is 0 Å². The van der Waals surface area contributed by atoms with E-state index >= 15 is 0 Å². The van der Waals surface area contributed by atoms with E-state index in [1.807, 2.05) is 0 Å². The topological polar surface area (TPSA) is 35.6 Å². The lowest BCUT2D eigenvalue weighted by Gasteiger charge is -2.38. The van der Waals surface area contributed by atoms with E-state index in [9.17, 15) is 4.79 Å². The Morgan fingerprint density at radius 1 is 1.25 bits per heavy atom. The van der Waals surface area contributed by atoms with Crippen LogP contribution in [0, 0.1) is 11.8 Å². The molecule has 1 N–H and O–H groups in total. The Morgan fingerprint density at radius 3 is 2.95 bits per heavy atom. The van der Waals surface area contributed by atoms with Crippen molar-refractivity contribution in [1.82, 2.24) is 15.1 Å². The number of hydrogen-bond donors (Lipinski definition) is 1. The zero-order valence-electron chi connectivity index (χ0n) is 12.8. The van der Waals surface area contributed by atoms with Crippen LogP contribution in [0.15, 0.2) is 0 Å². The number of nitrogens with zero attached hydrogens (tertiary/aromatic N) is 2. The summed E-state index contributed by atoms with van der Waals surface area (Å²) in [7, 11) is 0. The molecule has 4 nitrogen and oxygen atoms in total. The first-order valence-electron chi connectivity index (χ1n) is 8.46. The highest BCUT2D eigenvalue weighted by molar-refractivity contribution is 5.76. The number of carbonyl (C=O) groups excluding carboxylic acids is 1. The highest BCUT2D eigenvalue weighted by atomic mass is 16.2. The molecule has 4 heteroatoms. The van der Waals surface area contributed by atoms with E-state index in [-0.39, 0.29) is 0 Å². The lowest BCUT2D eigenvalue weighted by Crippen LogP contribution is -2.52.